The van der Waals surface area contributed by atoms with Gasteiger partial charge in [-0.1, -0.05) is 97.9 Å². The molecule has 5 aromatic carbocycles. The molecule has 0 unspecified atom stereocenters. The molecule has 1 N–H and O–H groups in total. The first-order chi connectivity index (χ1) is 16.2. The van der Waals surface area contributed by atoms with Crippen LogP contribution in [0.1, 0.15) is 18.9 Å². The van der Waals surface area contributed by atoms with E-state index in [1.165, 1.54) is 0 Å². The maximum atomic E-state index is 11.9. The zero-order valence-electron chi connectivity index (χ0n) is 18.4. The lowest BCUT2D eigenvalue weighted by Crippen LogP contribution is -2.46. The average Bonchev–Trinajstić information content (AvgIpc) is 3.06. The number of hydrogen-bond donors (Lipinski definition) is 1. The van der Waals surface area contributed by atoms with Crippen molar-refractivity contribution in [3.05, 3.63) is 109 Å². The minimum Gasteiger partial charge on any atom is -0.451 e. The summed E-state index contributed by atoms with van der Waals surface area (Å²) in [5, 5.41) is 16.3. The van der Waals surface area contributed by atoms with Crippen molar-refractivity contribution in [3.8, 4) is 22.6 Å². The fourth-order valence-corrected chi connectivity index (χ4v) is 4.90. The lowest BCUT2D eigenvalue weighted by atomic mass is 9.90. The van der Waals surface area contributed by atoms with Gasteiger partial charge in [0.1, 0.15) is 11.5 Å². The Morgan fingerprint density at radius 2 is 1.12 bits per heavy atom. The van der Waals surface area contributed by atoms with Crippen LogP contribution in [-0.4, -0.2) is 11.4 Å². The zero-order chi connectivity index (χ0) is 22.4. The van der Waals surface area contributed by atoms with Crippen LogP contribution in [0.5, 0.6) is 11.5 Å². The standard InChI is InChI=1S/C30H24O3/c1-2-30(31,22-12-4-3-5-13-22)29-32-25-18-16-20-10-6-8-14-23(20)27(25)28-24-15-9-7-11-21(24)17-19-26(28)33-29/h3-19,29,31H,2H2,1H3/t30-/m0/s1. The van der Waals surface area contributed by atoms with E-state index in [1.54, 1.807) is 0 Å². The lowest BCUT2D eigenvalue weighted by Gasteiger charge is -2.35. The second kappa shape index (κ2) is 7.65. The van der Waals surface area contributed by atoms with Gasteiger partial charge < -0.3 is 14.6 Å². The summed E-state index contributed by atoms with van der Waals surface area (Å²) in [4.78, 5) is 0. The van der Waals surface area contributed by atoms with Crippen molar-refractivity contribution in [1.82, 2.24) is 0 Å². The van der Waals surface area contributed by atoms with Crippen LogP contribution in [0.3, 0.4) is 0 Å². The highest BCUT2D eigenvalue weighted by Gasteiger charge is 2.43. The zero-order valence-corrected chi connectivity index (χ0v) is 18.4. The Kier molecular flexibility index (Phi) is 4.60. The van der Waals surface area contributed by atoms with Gasteiger partial charge in [0.25, 0.3) is 6.29 Å². The number of fused-ring (bicyclic) bond motifs is 7. The van der Waals surface area contributed by atoms with Crippen LogP contribution >= 0.6 is 0 Å². The largest absolute Gasteiger partial charge is 0.451 e. The van der Waals surface area contributed by atoms with Gasteiger partial charge >= 0.3 is 0 Å². The van der Waals surface area contributed by atoms with Crippen molar-refractivity contribution in [2.75, 3.05) is 0 Å². The second-order valence-corrected chi connectivity index (χ2v) is 8.53. The van der Waals surface area contributed by atoms with Crippen LogP contribution < -0.4 is 9.47 Å². The Balaban J connectivity index is 1.66. The van der Waals surface area contributed by atoms with E-state index < -0.39 is 11.9 Å². The molecule has 0 bridgehead atoms. The number of rotatable bonds is 3. The van der Waals surface area contributed by atoms with Crippen LogP contribution in [0.4, 0.5) is 0 Å². The van der Waals surface area contributed by atoms with Gasteiger partial charge in [0, 0.05) is 11.1 Å². The number of benzene rings is 5. The van der Waals surface area contributed by atoms with Crippen molar-refractivity contribution in [3.63, 3.8) is 0 Å². The SMILES string of the molecule is CC[C@](O)(c1ccccc1)C1Oc2ccc3ccccc3c2-c2c(ccc3ccccc23)O1. The third kappa shape index (κ3) is 3.08. The molecule has 6 rings (SSSR count). The molecule has 1 heterocycles. The fraction of sp³-hybridized carbons (Fsp3) is 0.133. The minimum absolute atomic E-state index is 0.438. The Labute approximate surface area is 192 Å². The molecule has 0 amide bonds. The molecule has 5 aromatic rings. The average molecular weight is 433 g/mol. The highest BCUT2D eigenvalue weighted by molar-refractivity contribution is 6.09. The maximum absolute atomic E-state index is 11.9. The summed E-state index contributed by atoms with van der Waals surface area (Å²) in [6.07, 6.45) is -0.472. The summed E-state index contributed by atoms with van der Waals surface area (Å²) in [5.74, 6) is 1.41. The van der Waals surface area contributed by atoms with E-state index >= 15 is 0 Å². The molecule has 0 spiro atoms. The topological polar surface area (TPSA) is 38.7 Å². The summed E-state index contributed by atoms with van der Waals surface area (Å²) >= 11 is 0. The van der Waals surface area contributed by atoms with Gasteiger partial charge in [0.2, 0.25) is 0 Å². The molecule has 0 radical (unpaired) electrons. The second-order valence-electron chi connectivity index (χ2n) is 8.53. The molecule has 3 nitrogen and oxygen atoms in total. The fourth-order valence-electron chi connectivity index (χ4n) is 4.90. The third-order valence-electron chi connectivity index (χ3n) is 6.70. The number of hydrogen-bond acceptors (Lipinski definition) is 3. The van der Waals surface area contributed by atoms with Gasteiger partial charge in [-0.3, -0.25) is 0 Å². The molecular formula is C30H24O3. The Bertz CT molecular complexity index is 1390. The Morgan fingerprint density at radius 1 is 0.636 bits per heavy atom. The van der Waals surface area contributed by atoms with E-state index in [1.807, 2.05) is 73.7 Å². The molecule has 0 aliphatic carbocycles. The van der Waals surface area contributed by atoms with Gasteiger partial charge in [0.05, 0.1) is 0 Å². The van der Waals surface area contributed by atoms with Crippen LogP contribution in [0.15, 0.2) is 103 Å². The molecule has 1 atom stereocenters. The quantitative estimate of drug-likeness (QED) is 0.332. The molecule has 1 aliphatic rings. The number of aliphatic hydroxyl groups is 1. The van der Waals surface area contributed by atoms with Gasteiger partial charge in [-0.05, 0) is 45.7 Å². The van der Waals surface area contributed by atoms with Gasteiger partial charge in [-0.25, -0.2) is 0 Å². The molecule has 3 heteroatoms. The van der Waals surface area contributed by atoms with E-state index in [0.717, 1.165) is 38.2 Å². The number of ether oxygens (including phenoxy) is 2. The first kappa shape index (κ1) is 19.8. The Morgan fingerprint density at radius 3 is 1.64 bits per heavy atom. The van der Waals surface area contributed by atoms with Gasteiger partial charge in [0.15, 0.2) is 5.60 Å². The molecule has 0 aromatic heterocycles. The van der Waals surface area contributed by atoms with Gasteiger partial charge in [-0.2, -0.15) is 0 Å². The van der Waals surface area contributed by atoms with E-state index in [0.29, 0.717) is 17.9 Å². The first-order valence-corrected chi connectivity index (χ1v) is 11.3. The van der Waals surface area contributed by atoms with Crippen molar-refractivity contribution < 1.29 is 14.6 Å². The summed E-state index contributed by atoms with van der Waals surface area (Å²) in [7, 11) is 0. The normalized spacial score (nSPS) is 15.1. The van der Waals surface area contributed by atoms with Crippen molar-refractivity contribution >= 4 is 21.5 Å². The summed E-state index contributed by atoms with van der Waals surface area (Å²) in [6.45, 7) is 1.95. The highest BCUT2D eigenvalue weighted by Crippen LogP contribution is 2.49. The molecule has 33 heavy (non-hydrogen) atoms. The Hall–Kier alpha value is -3.82. The van der Waals surface area contributed by atoms with Crippen molar-refractivity contribution in [2.45, 2.75) is 25.2 Å². The van der Waals surface area contributed by atoms with E-state index in [-0.39, 0.29) is 0 Å². The predicted molar refractivity (Wildman–Crippen MR) is 133 cm³/mol. The smallest absolute Gasteiger partial charge is 0.273 e. The van der Waals surface area contributed by atoms with Crippen LogP contribution in [0, 0.1) is 0 Å². The summed E-state index contributed by atoms with van der Waals surface area (Å²) in [5.41, 5.74) is 1.43. The highest BCUT2D eigenvalue weighted by atomic mass is 16.7. The first-order valence-electron chi connectivity index (χ1n) is 11.3. The molecular weight excluding hydrogens is 408 g/mol. The molecule has 0 saturated carbocycles. The molecule has 162 valence electrons. The van der Waals surface area contributed by atoms with Crippen LogP contribution in [0.2, 0.25) is 0 Å². The summed E-state index contributed by atoms with van der Waals surface area (Å²) < 4.78 is 13.1. The molecule has 1 aliphatic heterocycles. The van der Waals surface area contributed by atoms with Crippen molar-refractivity contribution in [2.24, 2.45) is 0 Å². The molecule has 0 saturated heterocycles. The van der Waals surface area contributed by atoms with Crippen LogP contribution in [-0.2, 0) is 5.60 Å². The lowest BCUT2D eigenvalue weighted by molar-refractivity contribution is -0.160. The third-order valence-corrected chi connectivity index (χ3v) is 6.70. The molecule has 0 fully saturated rings. The summed E-state index contributed by atoms with van der Waals surface area (Å²) in [6, 6.07) is 34.4. The predicted octanol–water partition coefficient (Wildman–Crippen LogP) is 7.06. The van der Waals surface area contributed by atoms with Crippen molar-refractivity contribution in [1.29, 1.82) is 0 Å². The van der Waals surface area contributed by atoms with E-state index in [4.69, 9.17) is 9.47 Å². The van der Waals surface area contributed by atoms with E-state index in [9.17, 15) is 5.11 Å². The maximum Gasteiger partial charge on any atom is 0.273 e. The minimum atomic E-state index is -1.32. The monoisotopic (exact) mass is 432 g/mol. The van der Waals surface area contributed by atoms with E-state index in [2.05, 4.69) is 36.4 Å². The van der Waals surface area contributed by atoms with Gasteiger partial charge in [-0.15, -0.1) is 0 Å². The van der Waals surface area contributed by atoms with Crippen LogP contribution in [0.25, 0.3) is 32.7 Å².